The Morgan fingerprint density at radius 2 is 2.11 bits per heavy atom. The molecule has 0 fully saturated rings. The summed E-state index contributed by atoms with van der Waals surface area (Å²) in [6, 6.07) is 7.70. The van der Waals surface area contributed by atoms with E-state index in [2.05, 4.69) is 9.55 Å². The lowest BCUT2D eigenvalue weighted by Crippen LogP contribution is -2.17. The van der Waals surface area contributed by atoms with E-state index in [0.717, 1.165) is 30.5 Å². The lowest BCUT2D eigenvalue weighted by molar-refractivity contribution is 0.102. The number of fused-ring (bicyclic) bond motifs is 1. The highest BCUT2D eigenvalue weighted by Gasteiger charge is 2.21. The van der Waals surface area contributed by atoms with E-state index in [9.17, 15) is 4.79 Å². The van der Waals surface area contributed by atoms with Gasteiger partial charge in [-0.15, -0.1) is 0 Å². The van der Waals surface area contributed by atoms with E-state index >= 15 is 0 Å². The summed E-state index contributed by atoms with van der Waals surface area (Å²) in [6.07, 6.45) is 5.22. The van der Waals surface area contributed by atoms with Crippen LogP contribution in [0.4, 0.5) is 0 Å². The molecule has 0 aliphatic carbocycles. The topological polar surface area (TPSA) is 34.9 Å². The molecule has 3 heteroatoms. The van der Waals surface area contributed by atoms with E-state index in [1.165, 1.54) is 12.1 Å². The normalized spacial score (nSPS) is 14.3. The molecule has 0 atom stereocenters. The molecule has 0 saturated carbocycles. The minimum absolute atomic E-state index is 0.0428. The van der Waals surface area contributed by atoms with Crippen LogP contribution in [0.5, 0.6) is 0 Å². The fourth-order valence-corrected chi connectivity index (χ4v) is 2.57. The summed E-state index contributed by atoms with van der Waals surface area (Å²) < 4.78 is 2.08. The summed E-state index contributed by atoms with van der Waals surface area (Å²) in [6.45, 7) is 2.88. The number of ketones is 1. The number of rotatable bonds is 2. The minimum Gasteiger partial charge on any atom is -0.325 e. The van der Waals surface area contributed by atoms with Gasteiger partial charge in [-0.25, -0.2) is 4.98 Å². The molecule has 0 radical (unpaired) electrons. The van der Waals surface area contributed by atoms with Gasteiger partial charge >= 0.3 is 0 Å². The number of carbonyl (C=O) groups is 1. The van der Waals surface area contributed by atoms with Gasteiger partial charge in [0.25, 0.3) is 0 Å². The zero-order valence-electron chi connectivity index (χ0n) is 10.5. The van der Waals surface area contributed by atoms with Crippen molar-refractivity contribution in [3.05, 3.63) is 53.1 Å². The molecule has 2 aromatic rings. The summed E-state index contributed by atoms with van der Waals surface area (Å²) in [5.41, 5.74) is 2.96. The highest BCUT2D eigenvalue weighted by molar-refractivity contribution is 6.07. The zero-order chi connectivity index (χ0) is 12.5. The molecular weight excluding hydrogens is 224 g/mol. The number of hydrogen-bond acceptors (Lipinski definition) is 2. The molecule has 3 nitrogen and oxygen atoms in total. The largest absolute Gasteiger partial charge is 0.325 e. The summed E-state index contributed by atoms with van der Waals surface area (Å²) in [4.78, 5) is 16.8. The first-order valence-corrected chi connectivity index (χ1v) is 6.42. The van der Waals surface area contributed by atoms with Gasteiger partial charge in [0.1, 0.15) is 0 Å². The number of benzene rings is 1. The van der Waals surface area contributed by atoms with Gasteiger partial charge in [0.2, 0.25) is 5.78 Å². The third-order valence-corrected chi connectivity index (χ3v) is 3.60. The van der Waals surface area contributed by atoms with E-state index in [1.54, 1.807) is 0 Å². The van der Waals surface area contributed by atoms with Crippen molar-refractivity contribution in [1.82, 2.24) is 9.55 Å². The molecular formula is C15H16N2O. The molecule has 0 spiro atoms. The molecule has 1 aromatic carbocycles. The maximum Gasteiger partial charge on any atom is 0.228 e. The summed E-state index contributed by atoms with van der Waals surface area (Å²) >= 11 is 0. The maximum absolute atomic E-state index is 12.5. The predicted octanol–water partition coefficient (Wildman–Crippen LogP) is 2.76. The second-order valence-corrected chi connectivity index (χ2v) is 4.83. The zero-order valence-corrected chi connectivity index (χ0v) is 10.5. The number of imidazole rings is 1. The van der Waals surface area contributed by atoms with E-state index in [0.29, 0.717) is 5.82 Å². The number of aryl methyl sites for hydroxylation is 2. The Hall–Kier alpha value is -1.90. The van der Waals surface area contributed by atoms with E-state index in [-0.39, 0.29) is 5.78 Å². The van der Waals surface area contributed by atoms with Gasteiger partial charge in [-0.05, 0) is 31.7 Å². The van der Waals surface area contributed by atoms with Crippen molar-refractivity contribution in [3.8, 4) is 0 Å². The van der Waals surface area contributed by atoms with E-state index in [4.69, 9.17) is 0 Å². The van der Waals surface area contributed by atoms with Crippen LogP contribution in [0, 0.1) is 6.92 Å². The number of aromatic nitrogens is 2. The molecule has 0 amide bonds. The predicted molar refractivity (Wildman–Crippen MR) is 69.8 cm³/mol. The third kappa shape index (κ3) is 1.76. The van der Waals surface area contributed by atoms with Crippen LogP contribution in [0.15, 0.2) is 30.5 Å². The second-order valence-electron chi connectivity index (χ2n) is 4.83. The van der Waals surface area contributed by atoms with Crippen molar-refractivity contribution in [1.29, 1.82) is 0 Å². The summed E-state index contributed by atoms with van der Waals surface area (Å²) in [5.74, 6) is 0.639. The first-order chi connectivity index (χ1) is 8.77. The molecule has 0 unspecified atom stereocenters. The van der Waals surface area contributed by atoms with Crippen LogP contribution in [0.2, 0.25) is 0 Å². The van der Waals surface area contributed by atoms with Crippen LogP contribution >= 0.6 is 0 Å². The van der Waals surface area contributed by atoms with E-state index in [1.807, 2.05) is 37.4 Å². The second kappa shape index (κ2) is 4.41. The standard InChI is InChI=1S/C15H16N2O/c1-11-6-2-3-8-13(11)14(18)15-16-10-12-7-4-5-9-17(12)15/h2-3,6,8,10H,4-5,7,9H2,1H3. The van der Waals surface area contributed by atoms with Gasteiger partial charge in [-0.3, -0.25) is 4.79 Å². The van der Waals surface area contributed by atoms with Crippen LogP contribution in [-0.4, -0.2) is 15.3 Å². The van der Waals surface area contributed by atoms with Crippen molar-refractivity contribution in [2.75, 3.05) is 0 Å². The molecule has 0 saturated heterocycles. The molecule has 0 N–H and O–H groups in total. The number of nitrogens with zero attached hydrogens (tertiary/aromatic N) is 2. The van der Waals surface area contributed by atoms with Gasteiger partial charge in [0.15, 0.2) is 5.82 Å². The Morgan fingerprint density at radius 1 is 1.28 bits per heavy atom. The van der Waals surface area contributed by atoms with Crippen molar-refractivity contribution >= 4 is 5.78 Å². The van der Waals surface area contributed by atoms with Gasteiger partial charge in [-0.2, -0.15) is 0 Å². The van der Waals surface area contributed by atoms with Crippen LogP contribution in [-0.2, 0) is 13.0 Å². The Labute approximate surface area is 106 Å². The van der Waals surface area contributed by atoms with Crippen LogP contribution in [0.3, 0.4) is 0 Å². The van der Waals surface area contributed by atoms with Crippen molar-refractivity contribution in [3.63, 3.8) is 0 Å². The Balaban J connectivity index is 2.03. The van der Waals surface area contributed by atoms with Crippen LogP contribution in [0.1, 0.15) is 40.3 Å². The molecule has 0 bridgehead atoms. The molecule has 18 heavy (non-hydrogen) atoms. The number of carbonyl (C=O) groups excluding carboxylic acids is 1. The fourth-order valence-electron chi connectivity index (χ4n) is 2.57. The molecule has 92 valence electrons. The molecule has 1 aliphatic heterocycles. The Morgan fingerprint density at radius 3 is 2.94 bits per heavy atom. The molecule has 1 aromatic heterocycles. The molecule has 2 heterocycles. The number of hydrogen-bond donors (Lipinski definition) is 0. The van der Waals surface area contributed by atoms with Crippen molar-refractivity contribution < 1.29 is 4.79 Å². The third-order valence-electron chi connectivity index (χ3n) is 3.60. The maximum atomic E-state index is 12.5. The highest BCUT2D eigenvalue weighted by atomic mass is 16.1. The quantitative estimate of drug-likeness (QED) is 0.756. The van der Waals surface area contributed by atoms with Crippen LogP contribution < -0.4 is 0 Å². The van der Waals surface area contributed by atoms with E-state index < -0.39 is 0 Å². The molecule has 3 rings (SSSR count). The lowest BCUT2D eigenvalue weighted by atomic mass is 10.0. The fraction of sp³-hybridized carbons (Fsp3) is 0.333. The first-order valence-electron chi connectivity index (χ1n) is 6.42. The minimum atomic E-state index is 0.0428. The van der Waals surface area contributed by atoms with Crippen molar-refractivity contribution in [2.45, 2.75) is 32.7 Å². The van der Waals surface area contributed by atoms with Gasteiger partial charge < -0.3 is 4.57 Å². The van der Waals surface area contributed by atoms with Gasteiger partial charge in [0.05, 0.1) is 0 Å². The van der Waals surface area contributed by atoms with Gasteiger partial charge in [-0.1, -0.05) is 24.3 Å². The summed E-state index contributed by atoms with van der Waals surface area (Å²) in [5, 5.41) is 0. The highest BCUT2D eigenvalue weighted by Crippen LogP contribution is 2.19. The van der Waals surface area contributed by atoms with Gasteiger partial charge in [0, 0.05) is 24.0 Å². The summed E-state index contributed by atoms with van der Waals surface area (Å²) in [7, 11) is 0. The average Bonchev–Trinajstić information content (AvgIpc) is 2.82. The Kier molecular flexibility index (Phi) is 2.74. The smallest absolute Gasteiger partial charge is 0.228 e. The first kappa shape index (κ1) is 11.2. The Bertz CT molecular complexity index is 598. The monoisotopic (exact) mass is 240 g/mol. The SMILES string of the molecule is Cc1ccccc1C(=O)c1ncc2n1CCCC2. The molecule has 1 aliphatic rings. The van der Waals surface area contributed by atoms with Crippen molar-refractivity contribution in [2.24, 2.45) is 0 Å². The van der Waals surface area contributed by atoms with Crippen LogP contribution in [0.25, 0.3) is 0 Å². The average molecular weight is 240 g/mol. The lowest BCUT2D eigenvalue weighted by Gasteiger charge is -2.16.